The Labute approximate surface area is 138 Å². The van der Waals surface area contributed by atoms with Crippen molar-refractivity contribution in [2.24, 2.45) is 0 Å². The van der Waals surface area contributed by atoms with Gasteiger partial charge in [-0.2, -0.15) is 5.10 Å². The van der Waals surface area contributed by atoms with Crippen molar-refractivity contribution in [3.8, 4) is 0 Å². The third-order valence-corrected chi connectivity index (χ3v) is 7.05. The highest BCUT2D eigenvalue weighted by molar-refractivity contribution is 7.92. The number of H-pyrrole nitrogens is 1. The minimum Gasteiger partial charge on any atom is -0.295 e. The van der Waals surface area contributed by atoms with Crippen LogP contribution in [-0.2, 0) is 9.84 Å². The van der Waals surface area contributed by atoms with Crippen LogP contribution in [0.25, 0.3) is 10.9 Å². The standard InChI is InChI=1S/C15H17ClFN3O2S/c16-13-3-9-5-18-19-15(9)4-12(13)11-1-2-20(6-14(11)17)10-7-23(21,22)8-10/h3-5,10-11,14H,1-2,6-8H2,(H,18,19)/t11-,14+/m0/s1. The molecule has 4 rings (SSSR count). The van der Waals surface area contributed by atoms with Crippen molar-refractivity contribution in [2.75, 3.05) is 24.6 Å². The summed E-state index contributed by atoms with van der Waals surface area (Å²) in [6.45, 7) is 0.963. The van der Waals surface area contributed by atoms with Gasteiger partial charge in [-0.15, -0.1) is 0 Å². The minimum absolute atomic E-state index is 0.0234. The fourth-order valence-corrected chi connectivity index (χ4v) is 5.43. The first-order valence-corrected chi connectivity index (χ1v) is 9.84. The molecule has 0 saturated carbocycles. The average molecular weight is 358 g/mol. The molecule has 1 N–H and O–H groups in total. The van der Waals surface area contributed by atoms with Crippen LogP contribution in [0.2, 0.25) is 5.02 Å². The molecule has 0 spiro atoms. The number of nitrogens with one attached hydrogen (secondary N) is 1. The zero-order valence-corrected chi connectivity index (χ0v) is 13.9. The van der Waals surface area contributed by atoms with Crippen molar-refractivity contribution >= 4 is 32.3 Å². The molecular formula is C15H17ClFN3O2S. The van der Waals surface area contributed by atoms with Crippen molar-refractivity contribution < 1.29 is 12.8 Å². The number of aromatic nitrogens is 2. The average Bonchev–Trinajstić information content (AvgIpc) is 2.91. The number of hydrogen-bond acceptors (Lipinski definition) is 4. The van der Waals surface area contributed by atoms with Gasteiger partial charge in [-0.05, 0) is 30.7 Å². The number of nitrogens with zero attached hydrogens (tertiary/aromatic N) is 2. The van der Waals surface area contributed by atoms with Gasteiger partial charge in [-0.1, -0.05) is 11.6 Å². The largest absolute Gasteiger partial charge is 0.295 e. The number of piperidine rings is 1. The molecule has 8 heteroatoms. The van der Waals surface area contributed by atoms with Crippen LogP contribution < -0.4 is 0 Å². The van der Waals surface area contributed by atoms with Gasteiger partial charge >= 0.3 is 0 Å². The summed E-state index contributed by atoms with van der Waals surface area (Å²) in [6, 6.07) is 3.67. The summed E-state index contributed by atoms with van der Waals surface area (Å²) in [6.07, 6.45) is 1.28. The van der Waals surface area contributed by atoms with Gasteiger partial charge in [0.1, 0.15) is 6.17 Å². The van der Waals surface area contributed by atoms with Gasteiger partial charge in [0.15, 0.2) is 9.84 Å². The van der Waals surface area contributed by atoms with Gasteiger partial charge in [-0.25, -0.2) is 12.8 Å². The highest BCUT2D eigenvalue weighted by Gasteiger charge is 2.41. The van der Waals surface area contributed by atoms with Gasteiger partial charge < -0.3 is 0 Å². The molecule has 2 atom stereocenters. The first-order chi connectivity index (χ1) is 10.9. The Morgan fingerprint density at radius 3 is 2.83 bits per heavy atom. The number of hydrogen-bond donors (Lipinski definition) is 1. The number of fused-ring (bicyclic) bond motifs is 1. The van der Waals surface area contributed by atoms with Crippen molar-refractivity contribution in [1.82, 2.24) is 15.1 Å². The third kappa shape index (κ3) is 2.75. The maximum absolute atomic E-state index is 14.7. The van der Waals surface area contributed by atoms with E-state index in [-0.39, 0.29) is 30.0 Å². The van der Waals surface area contributed by atoms with E-state index in [1.54, 1.807) is 6.20 Å². The van der Waals surface area contributed by atoms with Gasteiger partial charge in [0.25, 0.3) is 0 Å². The summed E-state index contributed by atoms with van der Waals surface area (Å²) < 4.78 is 37.3. The highest BCUT2D eigenvalue weighted by Crippen LogP contribution is 2.37. The van der Waals surface area contributed by atoms with Gasteiger partial charge in [0, 0.05) is 28.9 Å². The molecule has 23 heavy (non-hydrogen) atoms. The molecule has 5 nitrogen and oxygen atoms in total. The maximum Gasteiger partial charge on any atom is 0.153 e. The van der Waals surface area contributed by atoms with Crippen molar-refractivity contribution in [2.45, 2.75) is 24.6 Å². The minimum atomic E-state index is -2.88. The molecule has 3 heterocycles. The molecule has 2 aromatic rings. The molecule has 1 aromatic heterocycles. The molecule has 124 valence electrons. The summed E-state index contributed by atoms with van der Waals surface area (Å²) in [5.41, 5.74) is 1.65. The fourth-order valence-electron chi connectivity index (χ4n) is 3.62. The number of alkyl halides is 1. The molecule has 0 radical (unpaired) electrons. The predicted octanol–water partition coefficient (Wildman–Crippen LogP) is 2.14. The molecule has 2 saturated heterocycles. The number of aromatic amines is 1. The molecule has 0 amide bonds. The van der Waals surface area contributed by atoms with Crippen LogP contribution in [0.4, 0.5) is 4.39 Å². The van der Waals surface area contributed by atoms with E-state index in [4.69, 9.17) is 11.6 Å². The second-order valence-corrected chi connectivity index (χ2v) is 9.03. The molecule has 1 aromatic carbocycles. The van der Waals surface area contributed by atoms with Gasteiger partial charge in [0.05, 0.1) is 23.2 Å². The molecular weight excluding hydrogens is 341 g/mol. The lowest BCUT2D eigenvalue weighted by atomic mass is 9.87. The summed E-state index contributed by atoms with van der Waals surface area (Å²) in [5.74, 6) is 0.0550. The van der Waals surface area contributed by atoms with E-state index in [1.807, 2.05) is 17.0 Å². The number of rotatable bonds is 2. The van der Waals surface area contributed by atoms with Crippen molar-refractivity contribution in [3.63, 3.8) is 0 Å². The molecule has 2 aliphatic rings. The Balaban J connectivity index is 1.53. The first-order valence-electron chi connectivity index (χ1n) is 7.64. The van der Waals surface area contributed by atoms with E-state index in [2.05, 4.69) is 10.2 Å². The second kappa shape index (κ2) is 5.43. The Morgan fingerprint density at radius 2 is 2.13 bits per heavy atom. The highest BCUT2D eigenvalue weighted by atomic mass is 35.5. The summed E-state index contributed by atoms with van der Waals surface area (Å²) in [7, 11) is -2.88. The zero-order valence-electron chi connectivity index (χ0n) is 12.4. The summed E-state index contributed by atoms with van der Waals surface area (Å²) >= 11 is 6.33. The van der Waals surface area contributed by atoms with E-state index >= 15 is 0 Å². The van der Waals surface area contributed by atoms with E-state index in [0.29, 0.717) is 18.0 Å². The number of halogens is 2. The SMILES string of the molecule is O=S1(=O)CC(N2CC[C@@H](c3cc4[nH]ncc4cc3Cl)[C@H](F)C2)C1. The van der Waals surface area contributed by atoms with Crippen LogP contribution in [0.15, 0.2) is 18.3 Å². The molecule has 2 fully saturated rings. The Kier molecular flexibility index (Phi) is 3.62. The lowest BCUT2D eigenvalue weighted by Gasteiger charge is -2.42. The smallest absolute Gasteiger partial charge is 0.153 e. The number of likely N-dealkylation sites (tertiary alicyclic amines) is 1. The maximum atomic E-state index is 14.7. The van der Waals surface area contributed by atoms with Crippen molar-refractivity contribution in [3.05, 3.63) is 28.9 Å². The van der Waals surface area contributed by atoms with E-state index < -0.39 is 16.0 Å². The fraction of sp³-hybridized carbons (Fsp3) is 0.533. The number of sulfone groups is 1. The van der Waals surface area contributed by atoms with E-state index in [9.17, 15) is 12.8 Å². The van der Waals surface area contributed by atoms with Crippen LogP contribution >= 0.6 is 11.6 Å². The van der Waals surface area contributed by atoms with E-state index in [1.165, 1.54) is 0 Å². The Bertz CT molecular complexity index is 842. The van der Waals surface area contributed by atoms with Crippen LogP contribution in [0.5, 0.6) is 0 Å². The van der Waals surface area contributed by atoms with Crippen LogP contribution in [0.3, 0.4) is 0 Å². The summed E-state index contributed by atoms with van der Waals surface area (Å²) in [4.78, 5) is 1.96. The first kappa shape index (κ1) is 15.4. The topological polar surface area (TPSA) is 66.1 Å². The van der Waals surface area contributed by atoms with Gasteiger partial charge in [0.2, 0.25) is 0 Å². The van der Waals surface area contributed by atoms with E-state index in [0.717, 1.165) is 16.5 Å². The molecule has 2 aliphatic heterocycles. The van der Waals surface area contributed by atoms with Crippen LogP contribution in [0, 0.1) is 0 Å². The lowest BCUT2D eigenvalue weighted by Crippen LogP contribution is -2.57. The quantitative estimate of drug-likeness (QED) is 0.894. The number of benzene rings is 1. The molecule has 0 bridgehead atoms. The monoisotopic (exact) mass is 357 g/mol. The summed E-state index contributed by atoms with van der Waals surface area (Å²) in [5, 5.41) is 8.33. The zero-order chi connectivity index (χ0) is 16.2. The predicted molar refractivity (Wildman–Crippen MR) is 87.4 cm³/mol. The molecule has 0 aliphatic carbocycles. The Morgan fingerprint density at radius 1 is 1.35 bits per heavy atom. The normalized spacial score (nSPS) is 28.8. The molecule has 0 unspecified atom stereocenters. The van der Waals surface area contributed by atoms with Crippen molar-refractivity contribution in [1.29, 1.82) is 0 Å². The lowest BCUT2D eigenvalue weighted by molar-refractivity contribution is 0.0912. The van der Waals surface area contributed by atoms with Gasteiger partial charge in [-0.3, -0.25) is 10.00 Å². The van der Waals surface area contributed by atoms with Crippen LogP contribution in [0.1, 0.15) is 17.9 Å². The Hall–Kier alpha value is -1.18. The third-order valence-electron chi connectivity index (χ3n) is 4.94. The second-order valence-electron chi connectivity index (χ2n) is 6.47. The van der Waals surface area contributed by atoms with Crippen LogP contribution in [-0.4, -0.2) is 60.3 Å².